The van der Waals surface area contributed by atoms with Crippen LogP contribution in [0.2, 0.25) is 0 Å². The Morgan fingerprint density at radius 2 is 2.09 bits per heavy atom. The Kier molecular flexibility index (Phi) is 8.98. The maximum atomic E-state index is 11.4. The van der Waals surface area contributed by atoms with Crippen molar-refractivity contribution in [3.05, 3.63) is 47.4 Å². The topological polar surface area (TPSA) is 117 Å². The van der Waals surface area contributed by atoms with E-state index in [2.05, 4.69) is 9.88 Å². The van der Waals surface area contributed by atoms with Crippen LogP contribution >= 0.6 is 0 Å². The lowest BCUT2D eigenvalue weighted by Crippen LogP contribution is -2.39. The molecule has 1 aromatic heterocycles. The normalized spacial score (nSPS) is 16.6. The average Bonchev–Trinajstić information content (AvgIpc) is 3.16. The summed E-state index contributed by atoms with van der Waals surface area (Å²) in [6.07, 6.45) is 6.59. The molecule has 0 radical (unpaired) electrons. The first kappa shape index (κ1) is 25.6. The number of aromatic nitrogens is 2. The Hall–Kier alpha value is -3.01. The number of carbonyl (C=O) groups excluding carboxylic acids is 1. The smallest absolute Gasteiger partial charge is 0.323 e. The second-order valence-corrected chi connectivity index (χ2v) is 8.93. The van der Waals surface area contributed by atoms with Crippen molar-refractivity contribution >= 4 is 28.9 Å². The Bertz CT molecular complexity index is 1070. The first-order valence-corrected chi connectivity index (χ1v) is 11.5. The number of carbonyl (C=O) groups is 2. The quantitative estimate of drug-likeness (QED) is 0.260. The molecule has 2 heterocycles. The highest BCUT2D eigenvalue weighted by atomic mass is 16.5. The molecule has 3 N–H and O–H groups in total. The van der Waals surface area contributed by atoms with E-state index in [4.69, 9.17) is 14.8 Å². The fraction of sp³-hybridized carbons (Fsp3) is 0.480. The van der Waals surface area contributed by atoms with E-state index in [0.717, 1.165) is 66.9 Å². The number of carboxylic acid groups (broad SMARTS) is 1. The van der Waals surface area contributed by atoms with E-state index in [1.807, 2.05) is 49.5 Å². The summed E-state index contributed by atoms with van der Waals surface area (Å²) in [5.74, 6) is 0.145. The zero-order chi connectivity index (χ0) is 24.7. The average molecular weight is 471 g/mol. The van der Waals surface area contributed by atoms with Crippen LogP contribution in [0.25, 0.3) is 16.6 Å². The molecule has 9 heteroatoms. The molecular formula is C25H34N4O5. The summed E-state index contributed by atoms with van der Waals surface area (Å²) in [4.78, 5) is 29.4. The largest absolute Gasteiger partial charge is 0.480 e. The minimum absolute atomic E-state index is 0.292. The van der Waals surface area contributed by atoms with Crippen molar-refractivity contribution in [3.63, 3.8) is 0 Å². The molecule has 0 saturated carbocycles. The summed E-state index contributed by atoms with van der Waals surface area (Å²) in [6, 6.07) is 4.86. The van der Waals surface area contributed by atoms with E-state index >= 15 is 0 Å². The van der Waals surface area contributed by atoms with Gasteiger partial charge in [-0.15, -0.1) is 0 Å². The molecule has 1 aliphatic rings. The van der Waals surface area contributed by atoms with Crippen LogP contribution < -0.4 is 5.32 Å². The van der Waals surface area contributed by atoms with Crippen molar-refractivity contribution in [2.45, 2.75) is 38.9 Å². The van der Waals surface area contributed by atoms with Gasteiger partial charge < -0.3 is 24.4 Å². The van der Waals surface area contributed by atoms with Crippen LogP contribution in [0.4, 0.5) is 0 Å². The minimum Gasteiger partial charge on any atom is -0.480 e. The third-order valence-electron chi connectivity index (χ3n) is 5.85. The Morgan fingerprint density at radius 1 is 1.35 bits per heavy atom. The highest BCUT2D eigenvalue weighted by molar-refractivity contribution is 5.85. The van der Waals surface area contributed by atoms with Crippen LogP contribution in [0, 0.1) is 5.92 Å². The van der Waals surface area contributed by atoms with E-state index in [1.54, 1.807) is 6.92 Å². The number of carboxylic acids is 1. The molecule has 184 valence electrons. The number of hydrogen-bond acceptors (Lipinski definition) is 7. The van der Waals surface area contributed by atoms with Gasteiger partial charge in [-0.05, 0) is 55.0 Å². The molecule has 1 aliphatic heterocycles. The van der Waals surface area contributed by atoms with Gasteiger partial charge in [0.05, 0.1) is 17.6 Å². The molecular weight excluding hydrogens is 436 g/mol. The van der Waals surface area contributed by atoms with Gasteiger partial charge in [0, 0.05) is 52.2 Å². The number of nitrogens with one attached hydrogen (secondary N) is 1. The zero-order valence-electron chi connectivity index (χ0n) is 20.0. The Balaban J connectivity index is 2.04. The highest BCUT2D eigenvalue weighted by Crippen LogP contribution is 2.28. The molecule has 2 aromatic rings. The van der Waals surface area contributed by atoms with Gasteiger partial charge in [-0.3, -0.25) is 14.9 Å². The molecule has 1 saturated heterocycles. The number of nitrogens with zero attached hydrogens (tertiary/aromatic N) is 3. The first-order chi connectivity index (χ1) is 16.3. The lowest BCUT2D eigenvalue weighted by Gasteiger charge is -2.24. The molecule has 9 nitrogen and oxygen atoms in total. The number of fused-ring (bicyclic) bond motifs is 1. The fourth-order valence-electron chi connectivity index (χ4n) is 4.07. The van der Waals surface area contributed by atoms with Gasteiger partial charge in [0.2, 0.25) is 0 Å². The number of rotatable bonds is 11. The van der Waals surface area contributed by atoms with Crippen molar-refractivity contribution in [1.29, 1.82) is 0 Å². The number of allylic oxidation sites excluding steroid dienone is 3. The van der Waals surface area contributed by atoms with Gasteiger partial charge in [-0.2, -0.15) is 0 Å². The Morgan fingerprint density at radius 3 is 2.71 bits per heavy atom. The van der Waals surface area contributed by atoms with Gasteiger partial charge in [0.1, 0.15) is 18.2 Å². The third-order valence-corrected chi connectivity index (χ3v) is 5.85. The van der Waals surface area contributed by atoms with Crippen molar-refractivity contribution in [1.82, 2.24) is 19.8 Å². The molecule has 0 amide bonds. The summed E-state index contributed by atoms with van der Waals surface area (Å²) < 4.78 is 7.74. The van der Waals surface area contributed by atoms with Crippen molar-refractivity contribution in [2.75, 3.05) is 33.9 Å². The SMILES string of the molecule is C/C(C=O)=C/C(=C\N(C)C)c1nc2cc(CNC(CO)C(=O)O)ccc2n1CC1CCOCC1. The minimum atomic E-state index is -1.09. The molecule has 0 aliphatic carbocycles. The third kappa shape index (κ3) is 6.53. The summed E-state index contributed by atoms with van der Waals surface area (Å²) in [5.41, 5.74) is 4.07. The number of ether oxygens (including phenoxy) is 1. The molecule has 1 aromatic carbocycles. The zero-order valence-corrected chi connectivity index (χ0v) is 20.0. The van der Waals surface area contributed by atoms with Crippen molar-refractivity contribution < 1.29 is 24.5 Å². The summed E-state index contributed by atoms with van der Waals surface area (Å²) in [5, 5.41) is 21.3. The Labute approximate surface area is 199 Å². The van der Waals surface area contributed by atoms with Crippen LogP contribution in [-0.2, 0) is 27.4 Å². The molecule has 0 spiro atoms. The molecule has 1 atom stereocenters. The van der Waals surface area contributed by atoms with Gasteiger partial charge in [0.15, 0.2) is 0 Å². The van der Waals surface area contributed by atoms with Gasteiger partial charge in [-0.25, -0.2) is 4.98 Å². The predicted molar refractivity (Wildman–Crippen MR) is 130 cm³/mol. The van der Waals surface area contributed by atoms with Crippen LogP contribution in [0.3, 0.4) is 0 Å². The monoisotopic (exact) mass is 470 g/mol. The van der Waals surface area contributed by atoms with Crippen LogP contribution in [-0.4, -0.2) is 76.9 Å². The lowest BCUT2D eigenvalue weighted by atomic mass is 10.00. The number of imidazole rings is 1. The molecule has 3 rings (SSSR count). The lowest BCUT2D eigenvalue weighted by molar-refractivity contribution is -0.140. The van der Waals surface area contributed by atoms with Crippen LogP contribution in [0.1, 0.15) is 31.2 Å². The predicted octanol–water partition coefficient (Wildman–Crippen LogP) is 2.05. The summed E-state index contributed by atoms with van der Waals surface area (Å²) in [7, 11) is 3.86. The number of aliphatic hydroxyl groups excluding tert-OH is 1. The van der Waals surface area contributed by atoms with E-state index in [1.165, 1.54) is 0 Å². The van der Waals surface area contributed by atoms with E-state index in [0.29, 0.717) is 18.0 Å². The van der Waals surface area contributed by atoms with Crippen LogP contribution in [0.5, 0.6) is 0 Å². The second-order valence-electron chi connectivity index (χ2n) is 8.93. The molecule has 1 unspecified atom stereocenters. The van der Waals surface area contributed by atoms with Crippen LogP contribution in [0.15, 0.2) is 36.0 Å². The van der Waals surface area contributed by atoms with E-state index < -0.39 is 18.6 Å². The first-order valence-electron chi connectivity index (χ1n) is 11.5. The molecule has 0 bridgehead atoms. The summed E-state index contributed by atoms with van der Waals surface area (Å²) in [6.45, 7) is 3.87. The number of aliphatic hydroxyl groups is 1. The highest BCUT2D eigenvalue weighted by Gasteiger charge is 2.21. The maximum Gasteiger partial charge on any atom is 0.323 e. The second kappa shape index (κ2) is 11.9. The van der Waals surface area contributed by atoms with E-state index in [-0.39, 0.29) is 0 Å². The molecule has 34 heavy (non-hydrogen) atoms. The number of aliphatic carboxylic acids is 1. The van der Waals surface area contributed by atoms with Gasteiger partial charge in [-0.1, -0.05) is 6.07 Å². The van der Waals surface area contributed by atoms with E-state index in [9.17, 15) is 14.7 Å². The fourth-order valence-corrected chi connectivity index (χ4v) is 4.07. The molecule has 1 fully saturated rings. The number of benzene rings is 1. The number of hydrogen-bond donors (Lipinski definition) is 3. The summed E-state index contributed by atoms with van der Waals surface area (Å²) >= 11 is 0. The van der Waals surface area contributed by atoms with Gasteiger partial charge in [0.25, 0.3) is 0 Å². The van der Waals surface area contributed by atoms with Crippen molar-refractivity contribution in [2.24, 2.45) is 5.92 Å². The number of aldehydes is 1. The standard InChI is InChI=1S/C25H34N4O5/c1-17(15-30)10-20(14-28(2)3)24-27-21-11-19(12-26-22(16-31)25(32)33)4-5-23(21)29(24)13-18-6-8-34-9-7-18/h4-5,10-11,14-15,18,22,26,31H,6-9,12-13,16H2,1-3H3,(H,32,33)/b17-10-,20-14+. The van der Waals surface area contributed by atoms with Crippen molar-refractivity contribution in [3.8, 4) is 0 Å². The maximum absolute atomic E-state index is 11.4. The van der Waals surface area contributed by atoms with Gasteiger partial charge >= 0.3 is 5.97 Å².